The number of thiophene rings is 1. The molecule has 2 aromatic rings. The van der Waals surface area contributed by atoms with Crippen LogP contribution >= 0.6 is 11.3 Å². The molecule has 2 rings (SSSR count). The minimum absolute atomic E-state index is 0.182. The summed E-state index contributed by atoms with van der Waals surface area (Å²) < 4.78 is 25.9. The van der Waals surface area contributed by atoms with Gasteiger partial charge in [0.1, 0.15) is 10.3 Å². The molecule has 2 heterocycles. The van der Waals surface area contributed by atoms with Crippen LogP contribution in [0.3, 0.4) is 0 Å². The normalized spacial score (nSPS) is 11.3. The molecular weight excluding hydrogens is 310 g/mol. The molecule has 21 heavy (non-hydrogen) atoms. The van der Waals surface area contributed by atoms with E-state index in [1.807, 2.05) is 6.07 Å². The molecule has 9 heteroatoms. The van der Waals surface area contributed by atoms with E-state index < -0.39 is 10.0 Å². The van der Waals surface area contributed by atoms with Crippen LogP contribution < -0.4 is 5.32 Å². The summed E-state index contributed by atoms with van der Waals surface area (Å²) in [5.74, 6) is 0.349. The van der Waals surface area contributed by atoms with E-state index in [4.69, 9.17) is 5.26 Å². The molecule has 0 aliphatic rings. The number of hydrogen-bond acceptors (Lipinski definition) is 7. The summed E-state index contributed by atoms with van der Waals surface area (Å²) in [6, 6.07) is 5.19. The van der Waals surface area contributed by atoms with Crippen LogP contribution in [0.5, 0.6) is 0 Å². The van der Waals surface area contributed by atoms with Gasteiger partial charge in [-0.2, -0.15) is 9.57 Å². The van der Waals surface area contributed by atoms with E-state index in [1.165, 1.54) is 35.1 Å². The highest BCUT2D eigenvalue weighted by Gasteiger charge is 2.21. The van der Waals surface area contributed by atoms with Gasteiger partial charge < -0.3 is 5.32 Å². The number of likely N-dealkylation sites (N-methyl/N-ethyl adjacent to an activating group) is 1. The molecule has 0 aliphatic heterocycles. The van der Waals surface area contributed by atoms with Gasteiger partial charge in [0.2, 0.25) is 0 Å². The van der Waals surface area contributed by atoms with Gasteiger partial charge in [-0.1, -0.05) is 6.07 Å². The zero-order valence-electron chi connectivity index (χ0n) is 11.2. The first kappa shape index (κ1) is 15.4. The lowest BCUT2D eigenvalue weighted by Crippen LogP contribution is -2.31. The van der Waals surface area contributed by atoms with Crippen LogP contribution in [0, 0.1) is 11.3 Å². The third-order valence-corrected chi connectivity index (χ3v) is 5.91. The Labute approximate surface area is 126 Å². The van der Waals surface area contributed by atoms with Crippen molar-refractivity contribution in [1.82, 2.24) is 14.3 Å². The van der Waals surface area contributed by atoms with E-state index in [1.54, 1.807) is 17.5 Å². The third-order valence-electron chi connectivity index (χ3n) is 2.68. The van der Waals surface area contributed by atoms with Crippen molar-refractivity contribution in [3.05, 3.63) is 35.6 Å². The molecule has 0 unspecified atom stereocenters. The van der Waals surface area contributed by atoms with Gasteiger partial charge in [0.15, 0.2) is 11.5 Å². The highest BCUT2D eigenvalue weighted by molar-refractivity contribution is 7.91. The summed E-state index contributed by atoms with van der Waals surface area (Å²) in [4.78, 5) is 7.86. The van der Waals surface area contributed by atoms with E-state index in [0.717, 1.165) is 0 Å². The van der Waals surface area contributed by atoms with Crippen molar-refractivity contribution < 1.29 is 8.42 Å². The maximum absolute atomic E-state index is 12.2. The number of nitrogens with one attached hydrogen (secondary N) is 1. The number of nitrogens with zero attached hydrogens (tertiary/aromatic N) is 4. The molecule has 0 fully saturated rings. The molecule has 0 atom stereocenters. The second-order valence-electron chi connectivity index (χ2n) is 4.05. The molecule has 110 valence electrons. The van der Waals surface area contributed by atoms with Gasteiger partial charge >= 0.3 is 0 Å². The molecule has 2 aromatic heterocycles. The van der Waals surface area contributed by atoms with Crippen LogP contribution in [-0.4, -0.2) is 42.8 Å². The van der Waals surface area contributed by atoms with Crippen LogP contribution in [0.2, 0.25) is 0 Å². The molecular formula is C12H13N5O2S2. The number of nitriles is 1. The first-order valence-electron chi connectivity index (χ1n) is 6.00. The molecule has 0 bridgehead atoms. The zero-order valence-corrected chi connectivity index (χ0v) is 12.9. The Morgan fingerprint density at radius 1 is 1.43 bits per heavy atom. The fraction of sp³-hybridized carbons (Fsp3) is 0.250. The lowest BCUT2D eigenvalue weighted by atomic mass is 10.4. The predicted octanol–water partition coefficient (Wildman–Crippen LogP) is 1.14. The van der Waals surface area contributed by atoms with Crippen LogP contribution in [0.25, 0.3) is 0 Å². The Hall–Kier alpha value is -2.02. The molecule has 0 aromatic carbocycles. The Morgan fingerprint density at radius 3 is 2.86 bits per heavy atom. The van der Waals surface area contributed by atoms with Gasteiger partial charge in [-0.15, -0.1) is 11.3 Å². The minimum atomic E-state index is -3.45. The number of rotatable bonds is 6. The van der Waals surface area contributed by atoms with Gasteiger partial charge in [0, 0.05) is 32.5 Å². The van der Waals surface area contributed by atoms with Gasteiger partial charge in [-0.25, -0.2) is 18.4 Å². The third kappa shape index (κ3) is 3.55. The first-order chi connectivity index (χ1) is 10.1. The maximum Gasteiger partial charge on any atom is 0.252 e. The van der Waals surface area contributed by atoms with Crippen LogP contribution in [0.15, 0.2) is 34.1 Å². The average molecular weight is 323 g/mol. The minimum Gasteiger partial charge on any atom is -0.366 e. The number of hydrogen-bond donors (Lipinski definition) is 1. The number of aromatic nitrogens is 2. The monoisotopic (exact) mass is 323 g/mol. The predicted molar refractivity (Wildman–Crippen MR) is 79.4 cm³/mol. The van der Waals surface area contributed by atoms with Gasteiger partial charge in [-0.05, 0) is 11.4 Å². The summed E-state index contributed by atoms with van der Waals surface area (Å²) in [7, 11) is -1.94. The van der Waals surface area contributed by atoms with Gasteiger partial charge in [-0.3, -0.25) is 0 Å². The van der Waals surface area contributed by atoms with E-state index >= 15 is 0 Å². The second-order valence-corrected chi connectivity index (χ2v) is 7.27. The van der Waals surface area contributed by atoms with Crippen molar-refractivity contribution in [2.75, 3.05) is 25.5 Å². The standard InChI is InChI=1S/C12H13N5O2S2/c1-17(21(18,19)11-3-2-8-20-11)7-6-16-12-10(9-13)14-4-5-15-12/h2-5,8H,6-7H2,1H3,(H,15,16). The lowest BCUT2D eigenvalue weighted by Gasteiger charge is -2.16. The summed E-state index contributed by atoms with van der Waals surface area (Å²) in [6.07, 6.45) is 2.90. The van der Waals surface area contributed by atoms with Crippen molar-refractivity contribution in [2.24, 2.45) is 0 Å². The SMILES string of the molecule is CN(CCNc1nccnc1C#N)S(=O)(=O)c1cccs1. The Kier molecular flexibility index (Phi) is 4.85. The topological polar surface area (TPSA) is 99.0 Å². The van der Waals surface area contributed by atoms with Gasteiger partial charge in [0.05, 0.1) is 0 Å². The van der Waals surface area contributed by atoms with Crippen molar-refractivity contribution in [1.29, 1.82) is 5.26 Å². The molecule has 0 spiro atoms. The van der Waals surface area contributed by atoms with Crippen LogP contribution in [0.1, 0.15) is 5.69 Å². The summed E-state index contributed by atoms with van der Waals surface area (Å²) >= 11 is 1.18. The van der Waals surface area contributed by atoms with Crippen LogP contribution in [-0.2, 0) is 10.0 Å². The summed E-state index contributed by atoms with van der Waals surface area (Å²) in [5.41, 5.74) is 0.182. The van der Waals surface area contributed by atoms with Crippen LogP contribution in [0.4, 0.5) is 5.82 Å². The largest absolute Gasteiger partial charge is 0.366 e. The Morgan fingerprint density at radius 2 is 2.19 bits per heavy atom. The molecule has 1 N–H and O–H groups in total. The molecule has 0 aliphatic carbocycles. The van der Waals surface area contributed by atoms with Crippen molar-refractivity contribution in [3.63, 3.8) is 0 Å². The van der Waals surface area contributed by atoms with E-state index in [0.29, 0.717) is 16.6 Å². The van der Waals surface area contributed by atoms with Crippen molar-refractivity contribution in [3.8, 4) is 6.07 Å². The fourth-order valence-corrected chi connectivity index (χ4v) is 3.94. The average Bonchev–Trinajstić information content (AvgIpc) is 3.02. The lowest BCUT2D eigenvalue weighted by molar-refractivity contribution is 0.482. The molecule has 7 nitrogen and oxygen atoms in total. The van der Waals surface area contributed by atoms with Crippen molar-refractivity contribution in [2.45, 2.75) is 4.21 Å². The Bertz CT molecular complexity index is 737. The maximum atomic E-state index is 12.2. The Balaban J connectivity index is 1.96. The summed E-state index contributed by atoms with van der Waals surface area (Å²) in [5, 5.41) is 13.5. The molecule has 0 saturated heterocycles. The number of sulfonamides is 1. The molecule has 0 saturated carbocycles. The fourth-order valence-electron chi connectivity index (χ4n) is 1.56. The molecule has 0 radical (unpaired) electrons. The zero-order chi connectivity index (χ0) is 15.3. The van der Waals surface area contributed by atoms with Crippen molar-refractivity contribution >= 4 is 27.2 Å². The van der Waals surface area contributed by atoms with E-state index in [2.05, 4.69) is 15.3 Å². The van der Waals surface area contributed by atoms with E-state index in [9.17, 15) is 8.42 Å². The first-order valence-corrected chi connectivity index (χ1v) is 8.32. The number of anilines is 1. The summed E-state index contributed by atoms with van der Waals surface area (Å²) in [6.45, 7) is 0.580. The molecule has 0 amide bonds. The van der Waals surface area contributed by atoms with E-state index in [-0.39, 0.29) is 12.2 Å². The highest BCUT2D eigenvalue weighted by Crippen LogP contribution is 2.19. The quantitative estimate of drug-likeness (QED) is 0.856. The van der Waals surface area contributed by atoms with Gasteiger partial charge in [0.25, 0.3) is 10.0 Å². The highest BCUT2D eigenvalue weighted by atomic mass is 32.2. The second kappa shape index (κ2) is 6.62. The smallest absolute Gasteiger partial charge is 0.252 e.